The van der Waals surface area contributed by atoms with E-state index in [0.29, 0.717) is 23.4 Å². The van der Waals surface area contributed by atoms with Gasteiger partial charge in [0, 0.05) is 34.2 Å². The fraction of sp³-hybridized carbons (Fsp3) is 0.273. The van der Waals surface area contributed by atoms with Crippen LogP contribution in [-0.4, -0.2) is 37.9 Å². The van der Waals surface area contributed by atoms with Gasteiger partial charge in [-0.05, 0) is 31.2 Å². The molecule has 3 aromatic rings. The van der Waals surface area contributed by atoms with Crippen molar-refractivity contribution in [2.75, 3.05) is 26.0 Å². The van der Waals surface area contributed by atoms with Gasteiger partial charge in [0.05, 0.1) is 19.8 Å². The lowest BCUT2D eigenvalue weighted by Crippen LogP contribution is -2.30. The Balaban J connectivity index is 1.37. The van der Waals surface area contributed by atoms with Crippen molar-refractivity contribution in [3.63, 3.8) is 0 Å². The van der Waals surface area contributed by atoms with Crippen LogP contribution in [0.3, 0.4) is 0 Å². The summed E-state index contributed by atoms with van der Waals surface area (Å²) >= 11 is 1.66. The van der Waals surface area contributed by atoms with Crippen LogP contribution in [0.1, 0.15) is 11.1 Å². The van der Waals surface area contributed by atoms with E-state index >= 15 is 0 Å². The number of methoxy groups -OCH3 is 1. The number of nitrogens with one attached hydrogen (secondary N) is 1. The van der Waals surface area contributed by atoms with Gasteiger partial charge in [0.15, 0.2) is 6.61 Å². The second kappa shape index (κ2) is 10.0. The van der Waals surface area contributed by atoms with E-state index in [1.54, 1.807) is 31.0 Å². The molecule has 0 fully saturated rings. The first kappa shape index (κ1) is 20.8. The number of ether oxygens (including phenoxy) is 2. The first-order valence-electron chi connectivity index (χ1n) is 9.21. The number of esters is 1. The predicted molar refractivity (Wildman–Crippen MR) is 112 cm³/mol. The maximum atomic E-state index is 12.1. The minimum Gasteiger partial charge on any atom is -0.497 e. The summed E-state index contributed by atoms with van der Waals surface area (Å²) in [7, 11) is 1.58. The highest BCUT2D eigenvalue weighted by Crippen LogP contribution is 2.26. The van der Waals surface area contributed by atoms with Gasteiger partial charge in [0.2, 0.25) is 0 Å². The Morgan fingerprint density at radius 1 is 1.14 bits per heavy atom. The van der Waals surface area contributed by atoms with Crippen LogP contribution in [-0.2, 0) is 20.7 Å². The molecule has 3 rings (SSSR count). The lowest BCUT2D eigenvalue weighted by molar-refractivity contribution is -0.147. The van der Waals surface area contributed by atoms with Gasteiger partial charge < -0.3 is 19.2 Å². The van der Waals surface area contributed by atoms with E-state index in [-0.39, 0.29) is 18.9 Å². The summed E-state index contributed by atoms with van der Waals surface area (Å²) in [6.07, 6.45) is 1.56. The van der Waals surface area contributed by atoms with Crippen LogP contribution >= 0.6 is 11.8 Å². The number of carbonyl (C=O) groups is 2. The van der Waals surface area contributed by atoms with E-state index in [1.165, 1.54) is 11.8 Å². The molecule has 0 aliphatic carbocycles. The predicted octanol–water partition coefficient (Wildman–Crippen LogP) is 3.74. The number of carbonyl (C=O) groups excluding carboxylic acids is 2. The summed E-state index contributed by atoms with van der Waals surface area (Å²) in [6.45, 7) is 2.25. The third-order valence-corrected chi connectivity index (χ3v) is 5.29. The van der Waals surface area contributed by atoms with Crippen molar-refractivity contribution in [3.8, 4) is 5.75 Å². The van der Waals surface area contributed by atoms with E-state index in [1.807, 2.05) is 13.0 Å². The van der Waals surface area contributed by atoms with Crippen LogP contribution in [0.15, 0.2) is 58.0 Å². The van der Waals surface area contributed by atoms with Crippen LogP contribution in [0.25, 0.3) is 11.0 Å². The van der Waals surface area contributed by atoms with Gasteiger partial charge in [0.25, 0.3) is 5.91 Å². The van der Waals surface area contributed by atoms with E-state index in [2.05, 4.69) is 29.6 Å². The number of amides is 1. The van der Waals surface area contributed by atoms with E-state index in [4.69, 9.17) is 13.9 Å². The Morgan fingerprint density at radius 3 is 2.69 bits per heavy atom. The van der Waals surface area contributed by atoms with Crippen molar-refractivity contribution >= 4 is 34.6 Å². The minimum atomic E-state index is -0.479. The fourth-order valence-electron chi connectivity index (χ4n) is 2.72. The van der Waals surface area contributed by atoms with Gasteiger partial charge in [-0.1, -0.05) is 17.7 Å². The lowest BCUT2D eigenvalue weighted by atomic mass is 10.1. The number of thioether (sulfide) groups is 1. The molecule has 7 heteroatoms. The number of hydrogen-bond acceptors (Lipinski definition) is 6. The molecule has 6 nitrogen and oxygen atoms in total. The molecule has 0 unspecified atom stereocenters. The van der Waals surface area contributed by atoms with Crippen LogP contribution in [0, 0.1) is 6.92 Å². The molecular weight excluding hydrogens is 390 g/mol. The molecule has 152 valence electrons. The second-order valence-electron chi connectivity index (χ2n) is 6.47. The molecule has 1 aromatic heterocycles. The van der Waals surface area contributed by atoms with Gasteiger partial charge in [-0.25, -0.2) is 0 Å². The molecule has 0 radical (unpaired) electrons. The largest absolute Gasteiger partial charge is 0.497 e. The minimum absolute atomic E-state index is 0.0376. The Hall–Kier alpha value is -2.93. The van der Waals surface area contributed by atoms with E-state index < -0.39 is 5.97 Å². The third kappa shape index (κ3) is 6.02. The molecule has 0 saturated carbocycles. The smallest absolute Gasteiger partial charge is 0.310 e. The second-order valence-corrected chi connectivity index (χ2v) is 7.64. The van der Waals surface area contributed by atoms with Crippen LogP contribution < -0.4 is 10.1 Å². The van der Waals surface area contributed by atoms with Crippen molar-refractivity contribution in [1.82, 2.24) is 5.32 Å². The number of benzene rings is 2. The van der Waals surface area contributed by atoms with Crippen LogP contribution in [0.5, 0.6) is 5.75 Å². The number of aryl methyl sites for hydroxylation is 1. The Kier molecular flexibility index (Phi) is 7.19. The van der Waals surface area contributed by atoms with E-state index in [9.17, 15) is 9.59 Å². The molecule has 0 spiro atoms. The topological polar surface area (TPSA) is 77.8 Å². The number of furan rings is 1. The molecule has 1 heterocycles. The number of rotatable bonds is 9. The first-order valence-corrected chi connectivity index (χ1v) is 10.2. The summed E-state index contributed by atoms with van der Waals surface area (Å²) in [5.41, 5.74) is 2.56. The average Bonchev–Trinajstić information content (AvgIpc) is 3.12. The highest BCUT2D eigenvalue weighted by molar-refractivity contribution is 7.99. The summed E-state index contributed by atoms with van der Waals surface area (Å²) in [4.78, 5) is 25.1. The van der Waals surface area contributed by atoms with Gasteiger partial charge in [-0.3, -0.25) is 9.59 Å². The molecule has 1 amide bonds. The molecule has 2 aromatic carbocycles. The zero-order valence-corrected chi connectivity index (χ0v) is 17.2. The third-order valence-electron chi connectivity index (χ3n) is 4.28. The standard InChI is InChI=1S/C22H23NO5S/c1-15-3-6-18(7-4-15)29-10-9-23-21(24)14-28-22(25)11-16-13-27-20-12-17(26-2)5-8-19(16)20/h3-8,12-13H,9-11,14H2,1-2H3,(H,23,24). The van der Waals surface area contributed by atoms with E-state index in [0.717, 1.165) is 16.0 Å². The molecular formula is C22H23NO5S. The van der Waals surface area contributed by atoms with Gasteiger partial charge in [-0.2, -0.15) is 0 Å². The Morgan fingerprint density at radius 2 is 1.93 bits per heavy atom. The average molecular weight is 413 g/mol. The van der Waals surface area contributed by atoms with Crippen molar-refractivity contribution < 1.29 is 23.5 Å². The quantitative estimate of drug-likeness (QED) is 0.327. The lowest BCUT2D eigenvalue weighted by Gasteiger charge is -2.07. The van der Waals surface area contributed by atoms with Gasteiger partial charge in [-0.15, -0.1) is 11.8 Å². The van der Waals surface area contributed by atoms with Crippen molar-refractivity contribution in [2.45, 2.75) is 18.2 Å². The van der Waals surface area contributed by atoms with Crippen molar-refractivity contribution in [3.05, 3.63) is 59.9 Å². The Labute approximate surface area is 173 Å². The molecule has 1 N–H and O–H groups in total. The molecule has 0 aliphatic heterocycles. The molecule has 0 saturated heterocycles. The molecule has 29 heavy (non-hydrogen) atoms. The highest BCUT2D eigenvalue weighted by Gasteiger charge is 2.13. The maximum Gasteiger partial charge on any atom is 0.310 e. The Bertz CT molecular complexity index is 981. The summed E-state index contributed by atoms with van der Waals surface area (Å²) in [6, 6.07) is 13.6. The first-order chi connectivity index (χ1) is 14.0. The SMILES string of the molecule is COc1ccc2c(CC(=O)OCC(=O)NCCSc3ccc(C)cc3)coc2c1. The highest BCUT2D eigenvalue weighted by atomic mass is 32.2. The number of hydrogen-bond donors (Lipinski definition) is 1. The summed E-state index contributed by atoms with van der Waals surface area (Å²) in [5, 5.41) is 3.57. The van der Waals surface area contributed by atoms with Gasteiger partial charge >= 0.3 is 5.97 Å². The monoisotopic (exact) mass is 413 g/mol. The number of fused-ring (bicyclic) bond motifs is 1. The zero-order chi connectivity index (χ0) is 20.6. The maximum absolute atomic E-state index is 12.1. The van der Waals surface area contributed by atoms with Crippen molar-refractivity contribution in [1.29, 1.82) is 0 Å². The fourth-order valence-corrected chi connectivity index (χ4v) is 3.49. The van der Waals surface area contributed by atoms with Gasteiger partial charge in [0.1, 0.15) is 11.3 Å². The van der Waals surface area contributed by atoms with Crippen LogP contribution in [0.2, 0.25) is 0 Å². The zero-order valence-electron chi connectivity index (χ0n) is 16.4. The molecule has 0 atom stereocenters. The normalized spacial score (nSPS) is 10.7. The molecule has 0 aliphatic rings. The van der Waals surface area contributed by atoms with Crippen LogP contribution in [0.4, 0.5) is 0 Å². The molecule has 0 bridgehead atoms. The summed E-state index contributed by atoms with van der Waals surface area (Å²) < 4.78 is 15.7. The summed E-state index contributed by atoms with van der Waals surface area (Å²) in [5.74, 6) is 0.628. The van der Waals surface area contributed by atoms with Crippen molar-refractivity contribution in [2.24, 2.45) is 0 Å².